The zero-order valence-corrected chi connectivity index (χ0v) is 11.8. The lowest BCUT2D eigenvalue weighted by Gasteiger charge is -2.16. The molecule has 0 atom stereocenters. The molecule has 1 rings (SSSR count). The summed E-state index contributed by atoms with van der Waals surface area (Å²) in [7, 11) is 0. The number of carbonyl (C=O) groups excluding carboxylic acids is 1. The second-order valence-electron chi connectivity index (χ2n) is 4.61. The number of aryl methyl sites for hydroxylation is 1. The number of benzene rings is 1. The molecule has 1 aromatic carbocycles. The fourth-order valence-corrected chi connectivity index (χ4v) is 1.70. The quantitative estimate of drug-likeness (QED) is 0.931. The number of nitrogens with one attached hydrogen (secondary N) is 1. The van der Waals surface area contributed by atoms with Gasteiger partial charge in [0, 0.05) is 11.0 Å². The molecule has 0 spiro atoms. The van der Waals surface area contributed by atoms with Gasteiger partial charge in [0.15, 0.2) is 0 Å². The normalized spacial score (nSPS) is 10.8. The first-order valence-corrected chi connectivity index (χ1v) is 6.11. The first kappa shape index (κ1) is 13.7. The molecule has 0 saturated carbocycles. The summed E-state index contributed by atoms with van der Waals surface area (Å²) in [6.07, 6.45) is 0. The highest BCUT2D eigenvalue weighted by atomic mass is 79.9. The van der Waals surface area contributed by atoms with Crippen molar-refractivity contribution in [3.05, 3.63) is 33.8 Å². The van der Waals surface area contributed by atoms with Crippen LogP contribution in [0.1, 0.15) is 29.8 Å². The van der Waals surface area contributed by atoms with Crippen molar-refractivity contribution in [2.45, 2.75) is 20.8 Å². The maximum atomic E-state index is 11.9. The van der Waals surface area contributed by atoms with Crippen LogP contribution in [0, 0.1) is 23.7 Å². The van der Waals surface area contributed by atoms with E-state index in [2.05, 4.69) is 27.3 Å². The van der Waals surface area contributed by atoms with E-state index in [0.29, 0.717) is 12.1 Å². The molecule has 17 heavy (non-hydrogen) atoms. The highest BCUT2D eigenvalue weighted by Gasteiger charge is 2.19. The van der Waals surface area contributed by atoms with Gasteiger partial charge in [-0.1, -0.05) is 12.1 Å². The van der Waals surface area contributed by atoms with Gasteiger partial charge in [-0.25, -0.2) is 0 Å². The van der Waals surface area contributed by atoms with E-state index in [9.17, 15) is 4.79 Å². The zero-order chi connectivity index (χ0) is 13.1. The van der Waals surface area contributed by atoms with Crippen molar-refractivity contribution in [1.82, 2.24) is 5.32 Å². The molecule has 0 radical (unpaired) electrons. The summed E-state index contributed by atoms with van der Waals surface area (Å²) >= 11 is 3.39. The van der Waals surface area contributed by atoms with Crippen LogP contribution in [-0.4, -0.2) is 12.5 Å². The summed E-state index contributed by atoms with van der Waals surface area (Å²) in [4.78, 5) is 11.9. The van der Waals surface area contributed by atoms with Gasteiger partial charge in [0.25, 0.3) is 5.91 Å². The molecule has 90 valence electrons. The van der Waals surface area contributed by atoms with E-state index in [1.807, 2.05) is 19.1 Å². The molecule has 0 aromatic heterocycles. The van der Waals surface area contributed by atoms with E-state index in [1.54, 1.807) is 19.9 Å². The summed E-state index contributed by atoms with van der Waals surface area (Å²) in [5.41, 5.74) is 1.06. The lowest BCUT2D eigenvalue weighted by molar-refractivity contribution is 0.0943. The van der Waals surface area contributed by atoms with E-state index in [1.165, 1.54) is 0 Å². The fourth-order valence-electron chi connectivity index (χ4n) is 1.26. The van der Waals surface area contributed by atoms with E-state index in [0.717, 1.165) is 10.0 Å². The minimum absolute atomic E-state index is 0.163. The number of amides is 1. The summed E-state index contributed by atoms with van der Waals surface area (Å²) < 4.78 is 0.798. The predicted octanol–water partition coefficient (Wildman–Crippen LogP) is 3.04. The van der Waals surface area contributed by atoms with Crippen LogP contribution in [0.4, 0.5) is 0 Å². The molecule has 3 nitrogen and oxygen atoms in total. The number of nitriles is 1. The molecule has 0 aliphatic carbocycles. The molecule has 1 aromatic rings. The van der Waals surface area contributed by atoms with E-state index in [-0.39, 0.29) is 5.91 Å². The minimum atomic E-state index is -0.550. The Morgan fingerprint density at radius 2 is 2.18 bits per heavy atom. The van der Waals surface area contributed by atoms with Crippen LogP contribution in [0.25, 0.3) is 0 Å². The first-order chi connectivity index (χ1) is 7.87. The number of rotatable bonds is 3. The summed E-state index contributed by atoms with van der Waals surface area (Å²) in [6, 6.07) is 7.67. The Kier molecular flexibility index (Phi) is 4.30. The molecular weight excluding hydrogens is 280 g/mol. The molecule has 0 saturated heterocycles. The van der Waals surface area contributed by atoms with Crippen molar-refractivity contribution in [1.29, 1.82) is 5.26 Å². The van der Waals surface area contributed by atoms with Gasteiger partial charge in [0.1, 0.15) is 0 Å². The lowest BCUT2D eigenvalue weighted by atomic mass is 9.96. The highest BCUT2D eigenvalue weighted by Crippen LogP contribution is 2.21. The van der Waals surface area contributed by atoms with Gasteiger partial charge in [-0.3, -0.25) is 4.79 Å². The highest BCUT2D eigenvalue weighted by molar-refractivity contribution is 9.10. The predicted molar refractivity (Wildman–Crippen MR) is 70.6 cm³/mol. The van der Waals surface area contributed by atoms with Crippen molar-refractivity contribution in [3.8, 4) is 6.07 Å². The minimum Gasteiger partial charge on any atom is -0.350 e. The number of hydrogen-bond donors (Lipinski definition) is 1. The van der Waals surface area contributed by atoms with Crippen LogP contribution in [0.15, 0.2) is 22.7 Å². The third-order valence-electron chi connectivity index (χ3n) is 2.43. The van der Waals surface area contributed by atoms with Gasteiger partial charge < -0.3 is 5.32 Å². The van der Waals surface area contributed by atoms with Gasteiger partial charge >= 0.3 is 0 Å². The van der Waals surface area contributed by atoms with E-state index >= 15 is 0 Å². The Balaban J connectivity index is 2.79. The molecule has 1 N–H and O–H groups in total. The molecule has 0 aliphatic rings. The van der Waals surface area contributed by atoms with Crippen LogP contribution in [0.2, 0.25) is 0 Å². The van der Waals surface area contributed by atoms with Crippen LogP contribution >= 0.6 is 15.9 Å². The van der Waals surface area contributed by atoms with Gasteiger partial charge in [0.2, 0.25) is 0 Å². The molecule has 0 fully saturated rings. The smallest absolute Gasteiger partial charge is 0.252 e. The zero-order valence-electron chi connectivity index (χ0n) is 10.2. The third kappa shape index (κ3) is 3.57. The molecule has 0 heterocycles. The lowest BCUT2D eigenvalue weighted by Crippen LogP contribution is -2.33. The van der Waals surface area contributed by atoms with E-state index < -0.39 is 5.41 Å². The second kappa shape index (κ2) is 5.33. The Morgan fingerprint density at radius 1 is 1.53 bits per heavy atom. The van der Waals surface area contributed by atoms with Crippen LogP contribution in [0.3, 0.4) is 0 Å². The molecule has 0 aliphatic heterocycles. The summed E-state index contributed by atoms with van der Waals surface area (Å²) in [6.45, 7) is 5.85. The van der Waals surface area contributed by atoms with Crippen LogP contribution < -0.4 is 5.32 Å². The van der Waals surface area contributed by atoms with Gasteiger partial charge in [-0.15, -0.1) is 0 Å². The van der Waals surface area contributed by atoms with Crippen LogP contribution in [-0.2, 0) is 0 Å². The maximum Gasteiger partial charge on any atom is 0.252 e. The van der Waals surface area contributed by atoms with Crippen molar-refractivity contribution in [3.63, 3.8) is 0 Å². The number of halogens is 1. The van der Waals surface area contributed by atoms with Gasteiger partial charge in [-0.05, 0) is 48.3 Å². The van der Waals surface area contributed by atoms with Crippen molar-refractivity contribution < 1.29 is 4.79 Å². The van der Waals surface area contributed by atoms with Crippen molar-refractivity contribution in [2.24, 2.45) is 5.41 Å². The van der Waals surface area contributed by atoms with Crippen LogP contribution in [0.5, 0.6) is 0 Å². The monoisotopic (exact) mass is 294 g/mol. The molecule has 1 amide bonds. The molecule has 0 unspecified atom stereocenters. The standard InChI is InChI=1S/C13H15BrN2O/c1-9-5-4-6-10(11(9)14)12(17)16-8-13(2,3)7-15/h4-6H,8H2,1-3H3,(H,16,17). The van der Waals surface area contributed by atoms with Gasteiger partial charge in [0.05, 0.1) is 17.0 Å². The second-order valence-corrected chi connectivity index (χ2v) is 5.41. The number of carbonyl (C=O) groups is 1. The largest absolute Gasteiger partial charge is 0.350 e. The average molecular weight is 295 g/mol. The first-order valence-electron chi connectivity index (χ1n) is 5.32. The topological polar surface area (TPSA) is 52.9 Å². The summed E-state index contributed by atoms with van der Waals surface area (Å²) in [5.74, 6) is -0.163. The number of nitrogens with zero attached hydrogens (tertiary/aromatic N) is 1. The molecule has 0 bridgehead atoms. The fraction of sp³-hybridized carbons (Fsp3) is 0.385. The Bertz CT molecular complexity index is 475. The van der Waals surface area contributed by atoms with Crippen molar-refractivity contribution in [2.75, 3.05) is 6.54 Å². The Labute approximate surface area is 110 Å². The van der Waals surface area contributed by atoms with E-state index in [4.69, 9.17) is 5.26 Å². The molecular formula is C13H15BrN2O. The molecule has 4 heteroatoms. The Morgan fingerprint density at radius 3 is 2.76 bits per heavy atom. The van der Waals surface area contributed by atoms with Gasteiger partial charge in [-0.2, -0.15) is 5.26 Å². The summed E-state index contributed by atoms with van der Waals surface area (Å²) in [5, 5.41) is 11.6. The van der Waals surface area contributed by atoms with Crippen molar-refractivity contribution >= 4 is 21.8 Å². The SMILES string of the molecule is Cc1cccc(C(=O)NCC(C)(C)C#N)c1Br. The third-order valence-corrected chi connectivity index (χ3v) is 3.48. The number of hydrogen-bond acceptors (Lipinski definition) is 2. The maximum absolute atomic E-state index is 11.9. The Hall–Kier alpha value is -1.34. The average Bonchev–Trinajstić information content (AvgIpc) is 2.30.